The summed E-state index contributed by atoms with van der Waals surface area (Å²) < 4.78 is 15.9. The van der Waals surface area contributed by atoms with Crippen molar-refractivity contribution >= 4 is 46.0 Å². The lowest BCUT2D eigenvalue weighted by atomic mass is 10.0. The number of carbonyl (C=O) groups is 5. The van der Waals surface area contributed by atoms with Crippen LogP contribution in [-0.4, -0.2) is 42.9 Å². The molecule has 380 valence electrons. The van der Waals surface area contributed by atoms with Gasteiger partial charge in [0.05, 0.1) is 55.0 Å². The van der Waals surface area contributed by atoms with Gasteiger partial charge >= 0.3 is 0 Å². The molecule has 0 saturated carbocycles. The summed E-state index contributed by atoms with van der Waals surface area (Å²) in [5.74, 6) is 2.23. The lowest BCUT2D eigenvalue weighted by Gasteiger charge is -2.26. The molecule has 0 radical (unpaired) electrons. The summed E-state index contributed by atoms with van der Waals surface area (Å²) in [6.07, 6.45) is 0.844. The Morgan fingerprint density at radius 1 is 0.534 bits per heavy atom. The first kappa shape index (κ1) is 56.9. The summed E-state index contributed by atoms with van der Waals surface area (Å²) in [5.41, 5.74) is 6.40. The minimum Gasteiger partial charge on any atom is -0.493 e. The maximum Gasteiger partial charge on any atom is 0.231 e. The molecule has 6 aromatic carbocycles. The monoisotopic (exact) mass is 987 g/mol. The zero-order valence-electron chi connectivity index (χ0n) is 42.9. The van der Waals surface area contributed by atoms with E-state index in [2.05, 4.69) is 67.8 Å². The van der Waals surface area contributed by atoms with Gasteiger partial charge in [0, 0.05) is 46.6 Å². The topological polar surface area (TPSA) is 201 Å². The van der Waals surface area contributed by atoms with Crippen molar-refractivity contribution < 1.29 is 38.2 Å². The number of para-hydroxylation sites is 1. The highest BCUT2D eigenvalue weighted by Crippen LogP contribution is 2.34. The predicted octanol–water partition coefficient (Wildman–Crippen LogP) is 10.5. The number of nitrogens with one attached hydrogen (secondary N) is 5. The van der Waals surface area contributed by atoms with Crippen LogP contribution in [0.25, 0.3) is 15.6 Å². The fourth-order valence-corrected chi connectivity index (χ4v) is 7.66. The van der Waals surface area contributed by atoms with Gasteiger partial charge in [0.15, 0.2) is 17.2 Å². The van der Waals surface area contributed by atoms with Crippen molar-refractivity contribution in [2.45, 2.75) is 98.9 Å². The Hall–Kier alpha value is -8.69. The fourth-order valence-electron chi connectivity index (χ4n) is 7.66. The molecule has 73 heavy (non-hydrogen) atoms. The zero-order chi connectivity index (χ0) is 53.5. The molecule has 6 aromatic rings. The summed E-state index contributed by atoms with van der Waals surface area (Å²) in [5, 5.41) is 25.3. The van der Waals surface area contributed by atoms with Crippen molar-refractivity contribution in [3.8, 4) is 23.3 Å². The third kappa shape index (κ3) is 19.2. The van der Waals surface area contributed by atoms with Crippen LogP contribution in [0.5, 0.6) is 17.2 Å². The zero-order valence-corrected chi connectivity index (χ0v) is 42.9. The van der Waals surface area contributed by atoms with Gasteiger partial charge in [-0.1, -0.05) is 97.1 Å². The Morgan fingerprint density at radius 2 is 1.04 bits per heavy atom. The van der Waals surface area contributed by atoms with E-state index in [4.69, 9.17) is 26.0 Å². The van der Waals surface area contributed by atoms with Gasteiger partial charge < -0.3 is 40.8 Å². The smallest absolute Gasteiger partial charge is 0.231 e. The lowest BCUT2D eigenvalue weighted by molar-refractivity contribution is -0.120. The Balaban J connectivity index is 0.000000198. The summed E-state index contributed by atoms with van der Waals surface area (Å²) in [6.45, 7) is 23.0. The minimum absolute atomic E-state index is 0.000610. The molecule has 0 aromatic heterocycles. The van der Waals surface area contributed by atoms with Crippen molar-refractivity contribution in [1.29, 1.82) is 5.26 Å². The quantitative estimate of drug-likeness (QED) is 0.0874. The lowest BCUT2D eigenvalue weighted by Crippen LogP contribution is -2.30. The highest BCUT2D eigenvalue weighted by atomic mass is 16.7. The molecule has 0 bridgehead atoms. The second-order valence-corrected chi connectivity index (χ2v) is 17.3. The first-order valence-electron chi connectivity index (χ1n) is 23.8. The van der Waals surface area contributed by atoms with Crippen LogP contribution in [0.1, 0.15) is 132 Å². The van der Waals surface area contributed by atoms with E-state index in [1.807, 2.05) is 107 Å². The van der Waals surface area contributed by atoms with Gasteiger partial charge in [-0.05, 0) is 97.1 Å². The van der Waals surface area contributed by atoms with Crippen molar-refractivity contribution in [2.75, 3.05) is 13.4 Å². The van der Waals surface area contributed by atoms with Crippen molar-refractivity contribution in [3.05, 3.63) is 178 Å². The Bertz CT molecular complexity index is 2910. The van der Waals surface area contributed by atoms with E-state index in [0.717, 1.165) is 51.5 Å². The highest BCUT2D eigenvalue weighted by molar-refractivity contribution is 5.83. The van der Waals surface area contributed by atoms with E-state index in [9.17, 15) is 24.0 Å². The molecule has 15 heteroatoms. The van der Waals surface area contributed by atoms with E-state index >= 15 is 0 Å². The van der Waals surface area contributed by atoms with Gasteiger partial charge in [-0.25, -0.2) is 4.85 Å². The van der Waals surface area contributed by atoms with Gasteiger partial charge in [-0.3, -0.25) is 24.0 Å². The number of ether oxygens (including phenoxy) is 3. The van der Waals surface area contributed by atoms with E-state index in [-0.39, 0.29) is 66.5 Å². The third-order valence-electron chi connectivity index (χ3n) is 11.2. The van der Waals surface area contributed by atoms with Gasteiger partial charge in [0.25, 0.3) is 0 Å². The number of nitriles is 1. The number of hydrogen-bond acceptors (Lipinski definition) is 9. The molecule has 5 N–H and O–H groups in total. The molecular formula is C58H65N7O8. The largest absolute Gasteiger partial charge is 0.493 e. The van der Waals surface area contributed by atoms with Crippen LogP contribution in [0, 0.1) is 17.9 Å². The maximum atomic E-state index is 11.0. The number of carbonyl (C=O) groups excluding carboxylic acids is 5. The SMILES string of the molecule is CC(=O)NC(C)c1ccc2c(c1)OCO2.CC(=O)NC(C)c1ccc2ccccc2c1.CC(=O)NC(C)c1cccc(C#N)c1.CC(=O)NC1CCOc2ccccc21.[C-]#[N+]c1ccc(C(C)NC(C)=O)cc1. The Labute approximate surface area is 428 Å². The van der Waals surface area contributed by atoms with Gasteiger partial charge in [-0.15, -0.1) is 0 Å². The third-order valence-corrected chi connectivity index (χ3v) is 11.2. The molecule has 2 aliphatic heterocycles. The molecule has 0 spiro atoms. The normalized spacial score (nSPS) is 13.9. The van der Waals surface area contributed by atoms with E-state index in [1.54, 1.807) is 24.3 Å². The standard InChI is InChI=1S/C14H15NO.2C11H12N2O.C11H13NO3.C11H13NO2/c1-10(15-11(2)16)13-8-7-12-5-3-4-6-14(12)9-13;1-8(13-9(2)14)10-4-6-11(12-3)7-5-10;1-8(13-9(2)14)11-5-3-4-10(6-11)7-12;1-7(12-8(2)13)9-3-4-10-11(5-9)15-6-14-10;1-8(13)12-10-6-7-14-11-5-3-2-4-9(10)11/h3-10H,1-2H3,(H,15,16);4-8H,1-2H3,(H,13,14);3-6,8H,1-2H3,(H,13,14);3-5,7H,6H2,1-2H3,(H,12,13);2-5,10H,6-7H2,1H3,(H,12,13). The predicted molar refractivity (Wildman–Crippen MR) is 282 cm³/mol. The number of amides is 5. The first-order chi connectivity index (χ1) is 34.9. The van der Waals surface area contributed by atoms with E-state index in [1.165, 1.54) is 45.4 Å². The van der Waals surface area contributed by atoms with Crippen LogP contribution in [-0.2, 0) is 24.0 Å². The fraction of sp³-hybridized carbons (Fsp3) is 0.293. The van der Waals surface area contributed by atoms with Crippen molar-refractivity contribution in [3.63, 3.8) is 0 Å². The summed E-state index contributed by atoms with van der Waals surface area (Å²) >= 11 is 0. The Morgan fingerprint density at radius 3 is 1.62 bits per heavy atom. The summed E-state index contributed by atoms with van der Waals surface area (Å²) in [6, 6.07) is 44.6. The molecule has 2 aliphatic rings. The van der Waals surface area contributed by atoms with Crippen molar-refractivity contribution in [2.24, 2.45) is 0 Å². The van der Waals surface area contributed by atoms with Crippen LogP contribution in [0.4, 0.5) is 5.69 Å². The molecule has 0 saturated heterocycles. The molecule has 5 atom stereocenters. The first-order valence-corrected chi connectivity index (χ1v) is 23.8. The molecular weight excluding hydrogens is 923 g/mol. The molecule has 15 nitrogen and oxygen atoms in total. The number of fused-ring (bicyclic) bond motifs is 3. The van der Waals surface area contributed by atoms with Crippen molar-refractivity contribution in [1.82, 2.24) is 26.6 Å². The number of hydrogen-bond donors (Lipinski definition) is 5. The maximum absolute atomic E-state index is 11.0. The number of rotatable bonds is 9. The molecule has 2 heterocycles. The van der Waals surface area contributed by atoms with Crippen LogP contribution in [0.3, 0.4) is 0 Å². The molecule has 5 unspecified atom stereocenters. The van der Waals surface area contributed by atoms with E-state index < -0.39 is 0 Å². The summed E-state index contributed by atoms with van der Waals surface area (Å²) in [4.78, 5) is 57.7. The van der Waals surface area contributed by atoms with Gasteiger partial charge in [0.2, 0.25) is 36.3 Å². The molecule has 0 fully saturated rings. The van der Waals surface area contributed by atoms with Crippen LogP contribution in [0.2, 0.25) is 0 Å². The molecule has 0 aliphatic carbocycles. The van der Waals surface area contributed by atoms with Crippen LogP contribution in [0.15, 0.2) is 133 Å². The van der Waals surface area contributed by atoms with Gasteiger partial charge in [-0.2, -0.15) is 5.26 Å². The number of nitrogens with zero attached hydrogens (tertiary/aromatic N) is 2. The number of benzene rings is 6. The average Bonchev–Trinajstić information content (AvgIpc) is 3.85. The van der Waals surface area contributed by atoms with E-state index in [0.29, 0.717) is 17.9 Å². The molecule has 8 rings (SSSR count). The second-order valence-electron chi connectivity index (χ2n) is 17.3. The molecule has 5 amide bonds. The second kappa shape index (κ2) is 28.8. The van der Waals surface area contributed by atoms with Crippen LogP contribution >= 0.6 is 0 Å². The Kier molecular flexibility index (Phi) is 22.5. The van der Waals surface area contributed by atoms with Gasteiger partial charge in [0.1, 0.15) is 5.75 Å². The average molecular weight is 988 g/mol. The highest BCUT2D eigenvalue weighted by Gasteiger charge is 2.21. The minimum atomic E-state index is -0.0696. The van der Waals surface area contributed by atoms with Crippen LogP contribution < -0.4 is 40.8 Å². The summed E-state index contributed by atoms with van der Waals surface area (Å²) in [7, 11) is 0.